The molecule has 3 atom stereocenters. The Morgan fingerprint density at radius 1 is 1.64 bits per heavy atom. The molecule has 0 spiro atoms. The molecule has 0 aliphatic carbocycles. The van der Waals surface area contributed by atoms with Gasteiger partial charge in [0.1, 0.15) is 12.0 Å². The third kappa shape index (κ3) is 2.11. The van der Waals surface area contributed by atoms with Gasteiger partial charge in [-0.1, -0.05) is 5.92 Å². The average Bonchev–Trinajstić information content (AvgIpc) is 2.43. The van der Waals surface area contributed by atoms with Gasteiger partial charge in [0.15, 0.2) is 0 Å². The summed E-state index contributed by atoms with van der Waals surface area (Å²) in [4.78, 5) is 0. The highest BCUT2D eigenvalue weighted by Gasteiger charge is 2.55. The fourth-order valence-corrected chi connectivity index (χ4v) is 2.92. The highest BCUT2D eigenvalue weighted by atomic mass is 31.2. The van der Waals surface area contributed by atoms with Crippen LogP contribution < -0.4 is 0 Å². The van der Waals surface area contributed by atoms with E-state index in [1.807, 2.05) is 5.92 Å². The minimum atomic E-state index is -4.51. The van der Waals surface area contributed by atoms with Gasteiger partial charge in [0.05, 0.1) is 6.16 Å². The number of hydrogen-bond donors (Lipinski definition) is 0. The maximum atomic E-state index is 12.3. The maximum absolute atomic E-state index is 12.3. The van der Waals surface area contributed by atoms with E-state index in [4.69, 9.17) is 6.42 Å². The lowest BCUT2D eigenvalue weighted by atomic mass is 10.1. The first kappa shape index (κ1) is 11.6. The quantitative estimate of drug-likeness (QED) is 0.508. The maximum Gasteiger partial charge on any atom is 0.395 e. The smallest absolute Gasteiger partial charge is 0.312 e. The number of hydrogen-bond acceptors (Lipinski definition) is 3. The Hall–Kier alpha value is -0.500. The summed E-state index contributed by atoms with van der Waals surface area (Å²) in [6, 6.07) is 0. The Morgan fingerprint density at radius 2 is 2.21 bits per heavy atom. The molecule has 1 rings (SSSR count). The van der Waals surface area contributed by atoms with E-state index in [2.05, 4.69) is 9.05 Å². The van der Waals surface area contributed by atoms with Crippen LogP contribution in [0.2, 0.25) is 0 Å². The van der Waals surface area contributed by atoms with Crippen molar-refractivity contribution in [2.45, 2.75) is 12.3 Å². The van der Waals surface area contributed by atoms with Gasteiger partial charge in [-0.05, 0) is 0 Å². The molecule has 1 aliphatic rings. The topological polar surface area (TPSA) is 35.5 Å². The van der Waals surface area contributed by atoms with Crippen molar-refractivity contribution in [1.82, 2.24) is 0 Å². The first-order valence-electron chi connectivity index (χ1n) is 3.68. The molecule has 0 radical (unpaired) electrons. The Morgan fingerprint density at radius 3 is 2.50 bits per heavy atom. The van der Waals surface area contributed by atoms with Crippen LogP contribution in [-0.2, 0) is 13.6 Å². The van der Waals surface area contributed by atoms with Gasteiger partial charge in [-0.3, -0.25) is 9.09 Å². The molecule has 1 fully saturated rings. The van der Waals surface area contributed by atoms with Crippen molar-refractivity contribution >= 4 is 7.60 Å². The van der Waals surface area contributed by atoms with Crippen molar-refractivity contribution in [1.29, 1.82) is 0 Å². The standard InChI is InChI=1S/C7H8F3O3P/c1-3-6-5(7(8,9)10)4-14(11,12-2)13-6/h1,5-6H,4H2,2H3. The molecule has 7 heteroatoms. The van der Waals surface area contributed by atoms with E-state index in [0.717, 1.165) is 7.11 Å². The second-order valence-electron chi connectivity index (χ2n) is 2.82. The zero-order valence-electron chi connectivity index (χ0n) is 7.25. The summed E-state index contributed by atoms with van der Waals surface area (Å²) in [5.41, 5.74) is 0. The van der Waals surface area contributed by atoms with E-state index < -0.39 is 32.0 Å². The Bertz CT molecular complexity index is 306. The zero-order chi connectivity index (χ0) is 11.0. The highest BCUT2D eigenvalue weighted by Crippen LogP contribution is 2.59. The van der Waals surface area contributed by atoms with E-state index in [1.54, 1.807) is 0 Å². The molecule has 0 aromatic rings. The summed E-state index contributed by atoms with van der Waals surface area (Å²) in [5, 5.41) is 0. The molecule has 1 heterocycles. The molecule has 1 aliphatic heterocycles. The van der Waals surface area contributed by atoms with E-state index in [0.29, 0.717) is 0 Å². The molecule has 14 heavy (non-hydrogen) atoms. The number of rotatable bonds is 1. The summed E-state index contributed by atoms with van der Waals surface area (Å²) in [6.45, 7) is 0. The molecule has 3 unspecified atom stereocenters. The summed E-state index contributed by atoms with van der Waals surface area (Å²) in [7, 11) is -2.60. The van der Waals surface area contributed by atoms with Crippen molar-refractivity contribution in [3.05, 3.63) is 0 Å². The Balaban J connectivity index is 2.90. The lowest BCUT2D eigenvalue weighted by Gasteiger charge is -2.14. The highest BCUT2D eigenvalue weighted by molar-refractivity contribution is 7.54. The van der Waals surface area contributed by atoms with Gasteiger partial charge in [-0.15, -0.1) is 6.42 Å². The number of terminal acetylenes is 1. The van der Waals surface area contributed by atoms with E-state index in [1.165, 1.54) is 0 Å². The monoisotopic (exact) mass is 228 g/mol. The van der Waals surface area contributed by atoms with Crippen LogP contribution in [0.25, 0.3) is 0 Å². The van der Waals surface area contributed by atoms with Crippen molar-refractivity contribution in [3.8, 4) is 12.3 Å². The molecule has 0 saturated carbocycles. The molecule has 0 bridgehead atoms. The predicted octanol–water partition coefficient (Wildman–Crippen LogP) is 2.04. The van der Waals surface area contributed by atoms with Crippen LogP contribution in [0.3, 0.4) is 0 Å². The minimum Gasteiger partial charge on any atom is -0.312 e. The van der Waals surface area contributed by atoms with E-state index in [-0.39, 0.29) is 0 Å². The van der Waals surface area contributed by atoms with Crippen LogP contribution in [0.1, 0.15) is 0 Å². The van der Waals surface area contributed by atoms with Gasteiger partial charge in [0.25, 0.3) is 0 Å². The molecule has 0 N–H and O–H groups in total. The average molecular weight is 228 g/mol. The van der Waals surface area contributed by atoms with Crippen LogP contribution in [0.4, 0.5) is 13.2 Å². The van der Waals surface area contributed by atoms with Crippen LogP contribution >= 0.6 is 7.60 Å². The fraction of sp³-hybridized carbons (Fsp3) is 0.714. The molecular weight excluding hydrogens is 220 g/mol. The summed E-state index contributed by atoms with van der Waals surface area (Å²) in [5.74, 6) is -0.0888. The molecule has 0 aromatic heterocycles. The van der Waals surface area contributed by atoms with Crippen LogP contribution in [-0.4, -0.2) is 25.6 Å². The Labute approximate surface area is 79.1 Å². The molecular formula is C7H8F3O3P. The van der Waals surface area contributed by atoms with Crippen molar-refractivity contribution in [2.75, 3.05) is 13.3 Å². The van der Waals surface area contributed by atoms with Crippen LogP contribution in [0.5, 0.6) is 0 Å². The SMILES string of the molecule is C#CC1OP(=O)(OC)CC1C(F)(F)F. The largest absolute Gasteiger partial charge is 0.395 e. The normalized spacial score (nSPS) is 38.2. The first-order valence-corrected chi connectivity index (χ1v) is 5.41. The van der Waals surface area contributed by atoms with Crippen LogP contribution in [0.15, 0.2) is 0 Å². The second-order valence-corrected chi connectivity index (χ2v) is 4.98. The van der Waals surface area contributed by atoms with Gasteiger partial charge in [0.2, 0.25) is 0 Å². The van der Waals surface area contributed by atoms with Crippen molar-refractivity contribution < 1.29 is 26.8 Å². The lowest BCUT2D eigenvalue weighted by Crippen LogP contribution is -2.31. The van der Waals surface area contributed by atoms with Gasteiger partial charge in [-0.25, -0.2) is 0 Å². The third-order valence-corrected chi connectivity index (χ3v) is 3.87. The first-order chi connectivity index (χ1) is 6.32. The summed E-state index contributed by atoms with van der Waals surface area (Å²) < 4.78 is 57.3. The molecule has 0 aromatic carbocycles. The molecule has 80 valence electrons. The molecule has 0 amide bonds. The molecule has 1 saturated heterocycles. The molecule has 3 nitrogen and oxygen atoms in total. The fourth-order valence-electron chi connectivity index (χ4n) is 1.17. The van der Waals surface area contributed by atoms with Gasteiger partial charge < -0.3 is 4.52 Å². The van der Waals surface area contributed by atoms with Gasteiger partial charge in [0, 0.05) is 7.11 Å². The van der Waals surface area contributed by atoms with Gasteiger partial charge in [-0.2, -0.15) is 13.2 Å². The summed E-state index contributed by atoms with van der Waals surface area (Å²) in [6.07, 6.45) is -1.89. The van der Waals surface area contributed by atoms with E-state index >= 15 is 0 Å². The predicted molar refractivity (Wildman–Crippen MR) is 42.7 cm³/mol. The lowest BCUT2D eigenvalue weighted by molar-refractivity contribution is -0.176. The second kappa shape index (κ2) is 3.58. The third-order valence-electron chi connectivity index (χ3n) is 1.92. The van der Waals surface area contributed by atoms with Crippen molar-refractivity contribution in [3.63, 3.8) is 0 Å². The van der Waals surface area contributed by atoms with E-state index in [9.17, 15) is 17.7 Å². The van der Waals surface area contributed by atoms with Gasteiger partial charge >= 0.3 is 13.8 Å². The zero-order valence-corrected chi connectivity index (χ0v) is 8.14. The van der Waals surface area contributed by atoms with Crippen molar-refractivity contribution in [2.24, 2.45) is 5.92 Å². The number of halogens is 3. The number of alkyl halides is 3. The Kier molecular flexibility index (Phi) is 2.96. The summed E-state index contributed by atoms with van der Waals surface area (Å²) >= 11 is 0. The minimum absolute atomic E-state index is 0.706. The van der Waals surface area contributed by atoms with Crippen LogP contribution in [0, 0.1) is 18.3 Å².